The van der Waals surface area contributed by atoms with E-state index < -0.39 is 0 Å². The molecule has 0 radical (unpaired) electrons. The third-order valence-electron chi connectivity index (χ3n) is 8.38. The van der Waals surface area contributed by atoms with Crippen LogP contribution < -0.4 is 0 Å². The molecule has 0 heterocycles. The summed E-state index contributed by atoms with van der Waals surface area (Å²) in [5.41, 5.74) is 0.150. The second-order valence-corrected chi connectivity index (χ2v) is 9.30. The maximum atomic E-state index is 12.3. The third-order valence-corrected chi connectivity index (χ3v) is 8.38. The molecule has 25 heavy (non-hydrogen) atoms. The highest BCUT2D eigenvalue weighted by Crippen LogP contribution is 2.63. The molecule has 0 spiro atoms. The van der Waals surface area contributed by atoms with Crippen LogP contribution in [0, 0.1) is 40.9 Å². The largest absolute Gasteiger partial charge is 0.389 e. The summed E-state index contributed by atoms with van der Waals surface area (Å²) >= 11 is 0. The Labute approximate surface area is 153 Å². The Morgan fingerprint density at radius 1 is 1.12 bits per heavy atom. The average Bonchev–Trinajstić information content (AvgIpc) is 2.97. The summed E-state index contributed by atoms with van der Waals surface area (Å²) in [5.74, 6) is 4.27. The zero-order valence-corrected chi connectivity index (χ0v) is 16.5. The number of carbonyl (C=O) groups is 1. The molecule has 3 nitrogen and oxygen atoms in total. The molecule has 7 atom stereocenters. The van der Waals surface area contributed by atoms with Crippen molar-refractivity contribution in [3.8, 4) is 0 Å². The van der Waals surface area contributed by atoms with Gasteiger partial charge >= 0.3 is 0 Å². The lowest BCUT2D eigenvalue weighted by Crippen LogP contribution is -2.48. The normalized spacial score (nSPS) is 43.5. The quantitative estimate of drug-likeness (QED) is 0.737. The van der Waals surface area contributed by atoms with Crippen LogP contribution in [-0.2, 0) is 9.53 Å². The summed E-state index contributed by atoms with van der Waals surface area (Å²) in [4.78, 5) is 12.3. The van der Waals surface area contributed by atoms with E-state index in [-0.39, 0.29) is 23.7 Å². The Bertz CT molecular complexity index is 462. The van der Waals surface area contributed by atoms with Crippen molar-refractivity contribution in [1.29, 1.82) is 0 Å². The van der Waals surface area contributed by atoms with Crippen LogP contribution in [0.15, 0.2) is 0 Å². The number of ketones is 1. The lowest BCUT2D eigenvalue weighted by Gasteiger charge is -2.54. The second kappa shape index (κ2) is 8.08. The van der Waals surface area contributed by atoms with Gasteiger partial charge in [0.1, 0.15) is 6.61 Å². The molecular weight excluding hydrogens is 312 g/mol. The van der Waals surface area contributed by atoms with Gasteiger partial charge in [-0.3, -0.25) is 4.79 Å². The summed E-state index contributed by atoms with van der Waals surface area (Å²) in [5, 5.41) is 9.40. The van der Waals surface area contributed by atoms with Crippen molar-refractivity contribution < 1.29 is 14.6 Å². The maximum absolute atomic E-state index is 12.3. The molecule has 3 rings (SSSR count). The first-order valence-corrected chi connectivity index (χ1v) is 10.7. The van der Waals surface area contributed by atoms with Crippen LogP contribution in [0.25, 0.3) is 0 Å². The molecule has 3 saturated carbocycles. The van der Waals surface area contributed by atoms with Crippen molar-refractivity contribution in [1.82, 2.24) is 0 Å². The van der Waals surface area contributed by atoms with E-state index in [0.29, 0.717) is 5.92 Å². The van der Waals surface area contributed by atoms with E-state index in [1.165, 1.54) is 51.4 Å². The van der Waals surface area contributed by atoms with Crippen LogP contribution in [0.1, 0.15) is 71.6 Å². The Morgan fingerprint density at radius 2 is 1.92 bits per heavy atom. The smallest absolute Gasteiger partial charge is 0.161 e. The van der Waals surface area contributed by atoms with Gasteiger partial charge in [0.25, 0.3) is 0 Å². The fraction of sp³-hybridized carbons (Fsp3) is 0.955. The fourth-order valence-electron chi connectivity index (χ4n) is 7.28. The highest BCUT2D eigenvalue weighted by Gasteiger charge is 2.57. The van der Waals surface area contributed by atoms with E-state index >= 15 is 0 Å². The molecule has 7 unspecified atom stereocenters. The minimum absolute atomic E-state index is 0.0994. The number of Topliss-reactive ketones (excluding diaryl/α,β-unsaturated/α-hetero) is 1. The van der Waals surface area contributed by atoms with Gasteiger partial charge in [-0.2, -0.15) is 0 Å². The van der Waals surface area contributed by atoms with Crippen molar-refractivity contribution in [2.75, 3.05) is 20.3 Å². The molecule has 0 aromatic rings. The highest BCUT2D eigenvalue weighted by atomic mass is 16.5. The molecule has 0 aliphatic heterocycles. The predicted octanol–water partition coefficient (Wildman–Crippen LogP) is 4.47. The van der Waals surface area contributed by atoms with Crippen molar-refractivity contribution in [2.45, 2.75) is 71.6 Å². The van der Waals surface area contributed by atoms with Gasteiger partial charge in [-0.1, -0.05) is 26.7 Å². The van der Waals surface area contributed by atoms with Crippen molar-refractivity contribution >= 4 is 5.78 Å². The summed E-state index contributed by atoms with van der Waals surface area (Å²) in [6.45, 7) is 5.33. The van der Waals surface area contributed by atoms with Crippen molar-refractivity contribution in [3.05, 3.63) is 0 Å². The molecule has 0 amide bonds. The van der Waals surface area contributed by atoms with Crippen LogP contribution >= 0.6 is 0 Å². The SMILES string of the molecule is CCCC1C(CCOC)CCC2C1CCC1(C)C(C(=O)CO)CCC21. The van der Waals surface area contributed by atoms with Crippen molar-refractivity contribution in [3.63, 3.8) is 0 Å². The molecule has 3 aliphatic carbocycles. The van der Waals surface area contributed by atoms with Crippen LogP contribution in [0.4, 0.5) is 0 Å². The molecule has 3 heteroatoms. The van der Waals surface area contributed by atoms with Crippen LogP contribution in [0.2, 0.25) is 0 Å². The number of ether oxygens (including phenoxy) is 1. The van der Waals surface area contributed by atoms with Gasteiger partial charge in [0.05, 0.1) is 0 Å². The topological polar surface area (TPSA) is 46.5 Å². The molecular formula is C22H38O3. The number of hydrogen-bond donors (Lipinski definition) is 1. The molecule has 0 aromatic carbocycles. The first-order chi connectivity index (χ1) is 12.1. The molecule has 0 aromatic heterocycles. The van der Waals surface area contributed by atoms with E-state index in [2.05, 4.69) is 13.8 Å². The Hall–Kier alpha value is -0.410. The number of rotatable bonds is 7. The van der Waals surface area contributed by atoms with Gasteiger partial charge in [-0.05, 0) is 80.0 Å². The third kappa shape index (κ3) is 3.43. The van der Waals surface area contributed by atoms with E-state index in [1.54, 1.807) is 0 Å². The molecule has 0 bridgehead atoms. The fourth-order valence-corrected chi connectivity index (χ4v) is 7.28. The van der Waals surface area contributed by atoms with Gasteiger partial charge in [0, 0.05) is 19.6 Å². The molecule has 0 saturated heterocycles. The summed E-state index contributed by atoms with van der Waals surface area (Å²) in [7, 11) is 1.82. The minimum Gasteiger partial charge on any atom is -0.389 e. The Morgan fingerprint density at radius 3 is 2.60 bits per heavy atom. The van der Waals surface area contributed by atoms with E-state index in [9.17, 15) is 9.90 Å². The molecule has 144 valence electrons. The van der Waals surface area contributed by atoms with Gasteiger partial charge in [-0.25, -0.2) is 0 Å². The van der Waals surface area contributed by atoms with E-state index in [0.717, 1.165) is 36.7 Å². The monoisotopic (exact) mass is 350 g/mol. The number of aliphatic hydroxyl groups excluding tert-OH is 1. The predicted molar refractivity (Wildman–Crippen MR) is 100 cm³/mol. The summed E-state index contributed by atoms with van der Waals surface area (Å²) < 4.78 is 5.38. The average molecular weight is 351 g/mol. The van der Waals surface area contributed by atoms with Gasteiger partial charge in [0.2, 0.25) is 0 Å². The maximum Gasteiger partial charge on any atom is 0.161 e. The van der Waals surface area contributed by atoms with Crippen molar-refractivity contribution in [2.24, 2.45) is 40.9 Å². The van der Waals surface area contributed by atoms with Gasteiger partial charge in [0.15, 0.2) is 5.78 Å². The van der Waals surface area contributed by atoms with Crippen LogP contribution in [0.5, 0.6) is 0 Å². The molecule has 3 aliphatic rings. The zero-order valence-electron chi connectivity index (χ0n) is 16.5. The van der Waals surface area contributed by atoms with E-state index in [4.69, 9.17) is 4.74 Å². The molecule has 3 fully saturated rings. The van der Waals surface area contributed by atoms with Gasteiger partial charge < -0.3 is 9.84 Å². The molecule has 1 N–H and O–H groups in total. The van der Waals surface area contributed by atoms with Gasteiger partial charge in [-0.15, -0.1) is 0 Å². The number of methoxy groups -OCH3 is 1. The lowest BCUT2D eigenvalue weighted by molar-refractivity contribution is -0.132. The Kier molecular flexibility index (Phi) is 6.26. The summed E-state index contributed by atoms with van der Waals surface area (Å²) in [6, 6.07) is 0. The Balaban J connectivity index is 1.77. The number of aliphatic hydroxyl groups is 1. The number of carbonyl (C=O) groups excluding carboxylic acids is 1. The number of fused-ring (bicyclic) bond motifs is 3. The first-order valence-electron chi connectivity index (χ1n) is 10.7. The summed E-state index contributed by atoms with van der Waals surface area (Å²) in [6.07, 6.45) is 11.2. The first kappa shape index (κ1) is 19.4. The van der Waals surface area contributed by atoms with Crippen LogP contribution in [0.3, 0.4) is 0 Å². The highest BCUT2D eigenvalue weighted by molar-refractivity contribution is 5.83. The number of hydrogen-bond acceptors (Lipinski definition) is 3. The zero-order chi connectivity index (χ0) is 18.0. The standard InChI is InChI=1S/C22H38O3/c1-4-5-16-15(11-13-25-3)6-7-18-17(16)10-12-22(2)19(18)8-9-20(22)21(24)14-23/h15-20,23H,4-14H2,1-3H3. The van der Waals surface area contributed by atoms with E-state index in [1.807, 2.05) is 7.11 Å². The second-order valence-electron chi connectivity index (χ2n) is 9.30. The lowest BCUT2D eigenvalue weighted by atomic mass is 9.50. The van der Waals surface area contributed by atoms with Crippen LogP contribution in [-0.4, -0.2) is 31.2 Å². The minimum atomic E-state index is -0.265.